The molecule has 0 amide bonds. The topological polar surface area (TPSA) is 259 Å². The number of carbonyl (C=O) groups is 5. The first-order chi connectivity index (χ1) is 11.6. The molecule has 0 radical (unpaired) electrons. The molecular formula is C13H26N2O11. The van der Waals surface area contributed by atoms with Crippen molar-refractivity contribution >= 4 is 29.8 Å². The summed E-state index contributed by atoms with van der Waals surface area (Å²) in [6.07, 6.45) is -1.57. The second-order valence-electron chi connectivity index (χ2n) is 4.54. The van der Waals surface area contributed by atoms with Crippen LogP contribution in [-0.2, 0) is 24.0 Å². The lowest BCUT2D eigenvalue weighted by Gasteiger charge is -2.06. The number of hydrogen-bond donors (Lipinski definition) is 8. The molecule has 0 spiro atoms. The van der Waals surface area contributed by atoms with Crippen LogP contribution in [-0.4, -0.2) is 78.7 Å². The molecule has 10 N–H and O–H groups in total. The standard InChI is InChI=1S/C4H9NO3.C4H6O4.C3H7NO2.C2H4O2/c1-2(6)3(5)4(7)8;5-3(6)1-2-4(7)8;1-2(4)3(5)6;1-2(3)4/h2-3,6H,5H2,1H3,(H,7,8);1-2H2,(H,5,6)(H,7,8);2H,4H2,1H3,(H,5,6);1H3,(H,3,4). The van der Waals surface area contributed by atoms with E-state index in [1.807, 2.05) is 0 Å². The van der Waals surface area contributed by atoms with Gasteiger partial charge in [-0.1, -0.05) is 0 Å². The first-order valence-electron chi connectivity index (χ1n) is 6.84. The predicted octanol–water partition coefficient (Wildman–Crippen LogP) is -1.78. The molecule has 0 saturated carbocycles. The Kier molecular flexibility index (Phi) is 22.2. The van der Waals surface area contributed by atoms with Crippen LogP contribution in [0.4, 0.5) is 0 Å². The zero-order chi connectivity index (χ0) is 22.0. The summed E-state index contributed by atoms with van der Waals surface area (Å²) in [5.41, 5.74) is 9.75. The SMILES string of the molecule is CC(=O)O.CC(N)C(=O)O.CC(O)C(N)C(=O)O.O=C(O)CCC(=O)O. The molecule has 0 heterocycles. The van der Waals surface area contributed by atoms with E-state index in [2.05, 4.69) is 0 Å². The predicted molar refractivity (Wildman–Crippen MR) is 86.4 cm³/mol. The fourth-order valence-corrected chi connectivity index (χ4v) is 0.420. The Balaban J connectivity index is -0.000000128. The minimum absolute atomic E-state index is 0.296. The van der Waals surface area contributed by atoms with E-state index in [9.17, 15) is 19.2 Å². The molecule has 0 aliphatic rings. The van der Waals surface area contributed by atoms with E-state index in [1.54, 1.807) is 0 Å². The number of aliphatic hydroxyl groups is 1. The van der Waals surface area contributed by atoms with E-state index in [4.69, 9.17) is 46.9 Å². The van der Waals surface area contributed by atoms with Crippen molar-refractivity contribution in [1.29, 1.82) is 0 Å². The highest BCUT2D eigenvalue weighted by atomic mass is 16.4. The molecule has 13 nitrogen and oxygen atoms in total. The first-order valence-corrected chi connectivity index (χ1v) is 6.84. The van der Waals surface area contributed by atoms with Gasteiger partial charge in [-0.3, -0.25) is 24.0 Å². The third kappa shape index (κ3) is 42.9. The van der Waals surface area contributed by atoms with Gasteiger partial charge in [-0.05, 0) is 13.8 Å². The van der Waals surface area contributed by atoms with Crippen LogP contribution in [0.5, 0.6) is 0 Å². The second kappa shape index (κ2) is 18.6. The van der Waals surface area contributed by atoms with Crippen molar-refractivity contribution in [2.75, 3.05) is 0 Å². The molecule has 0 aromatic carbocycles. The number of hydrogen-bond acceptors (Lipinski definition) is 8. The average Bonchev–Trinajstić information content (AvgIpc) is 2.44. The van der Waals surface area contributed by atoms with Crippen molar-refractivity contribution in [2.45, 2.75) is 51.8 Å². The molecule has 26 heavy (non-hydrogen) atoms. The molecule has 0 bridgehead atoms. The second-order valence-corrected chi connectivity index (χ2v) is 4.54. The van der Waals surface area contributed by atoms with Crippen molar-refractivity contribution in [2.24, 2.45) is 11.5 Å². The quantitative estimate of drug-likeness (QED) is 0.251. The van der Waals surface area contributed by atoms with Crippen LogP contribution in [0.2, 0.25) is 0 Å². The summed E-state index contributed by atoms with van der Waals surface area (Å²) in [6.45, 7) is 3.83. The molecule has 0 aliphatic carbocycles. The number of carboxylic acids is 5. The van der Waals surface area contributed by atoms with Gasteiger partial charge >= 0.3 is 23.9 Å². The minimum atomic E-state index is -1.18. The van der Waals surface area contributed by atoms with E-state index in [-0.39, 0.29) is 12.8 Å². The fourth-order valence-electron chi connectivity index (χ4n) is 0.420. The Bertz CT molecular complexity index is 431. The smallest absolute Gasteiger partial charge is 0.323 e. The molecule has 154 valence electrons. The summed E-state index contributed by atoms with van der Waals surface area (Å²) in [4.78, 5) is 47.7. The van der Waals surface area contributed by atoms with E-state index >= 15 is 0 Å². The molecule has 0 aromatic rings. The third-order valence-corrected chi connectivity index (χ3v) is 1.75. The van der Waals surface area contributed by atoms with Crippen LogP contribution in [0, 0.1) is 0 Å². The first kappa shape index (κ1) is 31.0. The Labute approximate surface area is 148 Å². The lowest BCUT2D eigenvalue weighted by atomic mass is 10.2. The Hall–Kier alpha value is -2.77. The van der Waals surface area contributed by atoms with Crippen molar-refractivity contribution < 1.29 is 54.6 Å². The van der Waals surface area contributed by atoms with Crippen LogP contribution in [0.25, 0.3) is 0 Å². The van der Waals surface area contributed by atoms with Gasteiger partial charge in [0.25, 0.3) is 5.97 Å². The highest BCUT2D eigenvalue weighted by Crippen LogP contribution is 1.86. The van der Waals surface area contributed by atoms with Crippen molar-refractivity contribution in [3.8, 4) is 0 Å². The normalized spacial score (nSPS) is 12.1. The van der Waals surface area contributed by atoms with Gasteiger partial charge in [0.1, 0.15) is 12.1 Å². The molecule has 0 aromatic heterocycles. The van der Waals surface area contributed by atoms with E-state index in [0.717, 1.165) is 6.92 Å². The van der Waals surface area contributed by atoms with Gasteiger partial charge in [0.15, 0.2) is 0 Å². The van der Waals surface area contributed by atoms with Gasteiger partial charge < -0.3 is 42.1 Å². The number of aliphatic hydroxyl groups excluding tert-OH is 1. The van der Waals surface area contributed by atoms with Crippen LogP contribution < -0.4 is 11.5 Å². The molecular weight excluding hydrogens is 360 g/mol. The summed E-state index contributed by atoms with van der Waals surface area (Å²) in [5, 5.41) is 47.6. The van der Waals surface area contributed by atoms with Crippen LogP contribution in [0.15, 0.2) is 0 Å². The van der Waals surface area contributed by atoms with Gasteiger partial charge in [0, 0.05) is 6.92 Å². The number of nitrogens with two attached hydrogens (primary N) is 2. The highest BCUT2D eigenvalue weighted by molar-refractivity contribution is 5.75. The van der Waals surface area contributed by atoms with Gasteiger partial charge in [0.05, 0.1) is 18.9 Å². The Morgan fingerprint density at radius 2 is 1.00 bits per heavy atom. The summed E-state index contributed by atoms with van der Waals surface area (Å²) >= 11 is 0. The molecule has 0 aliphatic heterocycles. The zero-order valence-corrected chi connectivity index (χ0v) is 14.5. The Morgan fingerprint density at radius 3 is 1.04 bits per heavy atom. The summed E-state index contributed by atoms with van der Waals surface area (Å²) in [6, 6.07) is -1.89. The van der Waals surface area contributed by atoms with E-state index in [0.29, 0.717) is 0 Å². The molecule has 3 unspecified atom stereocenters. The molecule has 0 rings (SSSR count). The summed E-state index contributed by atoms with van der Waals surface area (Å²) in [7, 11) is 0. The maximum absolute atomic E-state index is 9.86. The van der Waals surface area contributed by atoms with Crippen LogP contribution in [0.3, 0.4) is 0 Å². The van der Waals surface area contributed by atoms with E-state index in [1.165, 1.54) is 13.8 Å². The van der Waals surface area contributed by atoms with Crippen LogP contribution in [0.1, 0.15) is 33.6 Å². The largest absolute Gasteiger partial charge is 0.481 e. The van der Waals surface area contributed by atoms with Gasteiger partial charge in [-0.2, -0.15) is 0 Å². The fraction of sp³-hybridized carbons (Fsp3) is 0.615. The lowest BCUT2D eigenvalue weighted by Crippen LogP contribution is -2.39. The third-order valence-electron chi connectivity index (χ3n) is 1.75. The van der Waals surface area contributed by atoms with Crippen LogP contribution >= 0.6 is 0 Å². The summed E-state index contributed by atoms with van der Waals surface area (Å²) < 4.78 is 0. The van der Waals surface area contributed by atoms with Crippen molar-refractivity contribution in [1.82, 2.24) is 0 Å². The van der Waals surface area contributed by atoms with E-state index < -0.39 is 48.0 Å². The maximum Gasteiger partial charge on any atom is 0.323 e. The van der Waals surface area contributed by atoms with Crippen molar-refractivity contribution in [3.63, 3.8) is 0 Å². The lowest BCUT2D eigenvalue weighted by molar-refractivity contribution is -0.143. The Morgan fingerprint density at radius 1 is 0.769 bits per heavy atom. The molecule has 13 heteroatoms. The minimum Gasteiger partial charge on any atom is -0.481 e. The van der Waals surface area contributed by atoms with Gasteiger partial charge in [-0.15, -0.1) is 0 Å². The zero-order valence-electron chi connectivity index (χ0n) is 14.5. The molecule has 0 fully saturated rings. The number of aliphatic carboxylic acids is 5. The molecule has 0 saturated heterocycles. The maximum atomic E-state index is 9.86. The average molecular weight is 386 g/mol. The van der Waals surface area contributed by atoms with Gasteiger partial charge in [0.2, 0.25) is 0 Å². The number of carboxylic acid groups (broad SMARTS) is 5. The highest BCUT2D eigenvalue weighted by Gasteiger charge is 2.16. The number of rotatable bonds is 6. The monoisotopic (exact) mass is 386 g/mol. The molecule has 3 atom stereocenters. The van der Waals surface area contributed by atoms with Gasteiger partial charge in [-0.25, -0.2) is 0 Å². The van der Waals surface area contributed by atoms with Crippen molar-refractivity contribution in [3.05, 3.63) is 0 Å². The summed E-state index contributed by atoms with van der Waals surface area (Å²) in [5.74, 6) is -5.13.